The third kappa shape index (κ3) is 3.37. The average molecular weight is 232 g/mol. The van der Waals surface area contributed by atoms with Gasteiger partial charge in [-0.05, 0) is 44.2 Å². The third-order valence-electron chi connectivity index (χ3n) is 3.26. The zero-order valence-electron chi connectivity index (χ0n) is 10.4. The van der Waals surface area contributed by atoms with Gasteiger partial charge in [-0.2, -0.15) is 0 Å². The predicted molar refractivity (Wildman–Crippen MR) is 67.5 cm³/mol. The summed E-state index contributed by atoms with van der Waals surface area (Å²) in [7, 11) is 0. The Morgan fingerprint density at radius 1 is 1.24 bits per heavy atom. The number of aryl methyl sites for hydroxylation is 1. The summed E-state index contributed by atoms with van der Waals surface area (Å²) in [6, 6.07) is 1.80. The fourth-order valence-electron chi connectivity index (χ4n) is 2.28. The van der Waals surface area contributed by atoms with E-state index < -0.39 is 6.10 Å². The van der Waals surface area contributed by atoms with Gasteiger partial charge in [0.05, 0.1) is 5.69 Å². The molecule has 92 valence electrons. The number of allylic oxidation sites excluding steroid dienone is 1. The van der Waals surface area contributed by atoms with Crippen molar-refractivity contribution in [3.8, 4) is 0 Å². The molecule has 1 unspecified atom stereocenters. The molecule has 17 heavy (non-hydrogen) atoms. The molecule has 0 aliphatic heterocycles. The van der Waals surface area contributed by atoms with Crippen LogP contribution < -0.4 is 0 Å². The van der Waals surface area contributed by atoms with Gasteiger partial charge in [0.25, 0.3) is 0 Å². The largest absolute Gasteiger partial charge is 0.382 e. The molecule has 0 bridgehead atoms. The summed E-state index contributed by atoms with van der Waals surface area (Å²) in [6.07, 6.45) is 10.4. The second kappa shape index (κ2) is 5.92. The van der Waals surface area contributed by atoms with Crippen LogP contribution in [-0.2, 0) is 0 Å². The van der Waals surface area contributed by atoms with Crippen LogP contribution in [0.25, 0.3) is 0 Å². The summed E-state index contributed by atoms with van der Waals surface area (Å²) >= 11 is 0. The van der Waals surface area contributed by atoms with Crippen molar-refractivity contribution in [3.63, 3.8) is 0 Å². The standard InChI is InChI=1S/C14H20N2O/c1-11-15-10-9-13(16-11)14(17)12-7-5-3-2-4-6-8-12/h7,9-10,14,17H,2-6,8H2,1H3/b12-7+. The molecule has 1 heterocycles. The molecule has 0 amide bonds. The molecule has 0 fully saturated rings. The maximum absolute atomic E-state index is 10.3. The number of aromatic nitrogens is 2. The maximum atomic E-state index is 10.3. The molecule has 2 rings (SSSR count). The smallest absolute Gasteiger partial charge is 0.125 e. The van der Waals surface area contributed by atoms with Crippen LogP contribution in [0.15, 0.2) is 23.9 Å². The first-order chi connectivity index (χ1) is 8.27. The van der Waals surface area contributed by atoms with Crippen LogP contribution in [0.5, 0.6) is 0 Å². The molecule has 1 atom stereocenters. The summed E-state index contributed by atoms with van der Waals surface area (Å²) in [5.41, 5.74) is 1.85. The highest BCUT2D eigenvalue weighted by molar-refractivity contribution is 5.19. The fourth-order valence-corrected chi connectivity index (χ4v) is 2.28. The molecule has 1 aromatic heterocycles. The van der Waals surface area contributed by atoms with E-state index in [1.54, 1.807) is 12.3 Å². The van der Waals surface area contributed by atoms with Crippen LogP contribution in [0.2, 0.25) is 0 Å². The van der Waals surface area contributed by atoms with Crippen molar-refractivity contribution in [2.24, 2.45) is 0 Å². The lowest BCUT2D eigenvalue weighted by atomic mass is 9.95. The Kier molecular flexibility index (Phi) is 4.26. The van der Waals surface area contributed by atoms with Crippen molar-refractivity contribution in [1.82, 2.24) is 9.97 Å². The number of aliphatic hydroxyl groups excluding tert-OH is 1. The van der Waals surface area contributed by atoms with Crippen molar-refractivity contribution in [2.75, 3.05) is 0 Å². The highest BCUT2D eigenvalue weighted by Gasteiger charge is 2.15. The highest BCUT2D eigenvalue weighted by Crippen LogP contribution is 2.27. The van der Waals surface area contributed by atoms with Gasteiger partial charge in [-0.15, -0.1) is 0 Å². The molecule has 0 radical (unpaired) electrons. The van der Waals surface area contributed by atoms with E-state index in [0.717, 1.165) is 24.1 Å². The van der Waals surface area contributed by atoms with Gasteiger partial charge in [-0.25, -0.2) is 9.97 Å². The minimum atomic E-state index is -0.546. The van der Waals surface area contributed by atoms with Gasteiger partial charge in [-0.3, -0.25) is 0 Å². The van der Waals surface area contributed by atoms with Gasteiger partial charge in [0.1, 0.15) is 11.9 Å². The Bertz CT molecular complexity index is 401. The van der Waals surface area contributed by atoms with E-state index in [-0.39, 0.29) is 0 Å². The second-order valence-electron chi connectivity index (χ2n) is 4.66. The fraction of sp³-hybridized carbons (Fsp3) is 0.571. The first-order valence-corrected chi connectivity index (χ1v) is 6.44. The van der Waals surface area contributed by atoms with E-state index in [4.69, 9.17) is 0 Å². The van der Waals surface area contributed by atoms with E-state index in [2.05, 4.69) is 16.0 Å². The number of hydrogen-bond donors (Lipinski definition) is 1. The number of rotatable bonds is 2. The van der Waals surface area contributed by atoms with Gasteiger partial charge < -0.3 is 5.11 Å². The molecular weight excluding hydrogens is 212 g/mol. The molecule has 3 nitrogen and oxygen atoms in total. The maximum Gasteiger partial charge on any atom is 0.125 e. The molecule has 1 aliphatic rings. The minimum Gasteiger partial charge on any atom is -0.382 e. The summed E-state index contributed by atoms with van der Waals surface area (Å²) in [5.74, 6) is 0.716. The Morgan fingerprint density at radius 2 is 2.06 bits per heavy atom. The van der Waals surface area contributed by atoms with Crippen LogP contribution in [0.3, 0.4) is 0 Å². The lowest BCUT2D eigenvalue weighted by Gasteiger charge is -2.17. The summed E-state index contributed by atoms with van der Waals surface area (Å²) in [6.45, 7) is 1.85. The third-order valence-corrected chi connectivity index (χ3v) is 3.26. The molecule has 1 aliphatic carbocycles. The Labute approximate surface area is 103 Å². The van der Waals surface area contributed by atoms with Crippen molar-refractivity contribution >= 4 is 0 Å². The van der Waals surface area contributed by atoms with Crippen molar-refractivity contribution in [2.45, 2.75) is 51.6 Å². The zero-order chi connectivity index (χ0) is 12.1. The SMILES string of the molecule is Cc1nccc(C(O)/C2=C/CCCCCC2)n1. The van der Waals surface area contributed by atoms with Crippen LogP contribution in [0.4, 0.5) is 0 Å². The Hall–Kier alpha value is -1.22. The molecule has 1 N–H and O–H groups in total. The summed E-state index contributed by atoms with van der Waals surface area (Å²) in [5, 5.41) is 10.3. The van der Waals surface area contributed by atoms with Gasteiger partial charge in [0.2, 0.25) is 0 Å². The van der Waals surface area contributed by atoms with Crippen LogP contribution in [0.1, 0.15) is 56.1 Å². The molecular formula is C14H20N2O. The van der Waals surface area contributed by atoms with E-state index in [1.807, 2.05) is 6.92 Å². The van der Waals surface area contributed by atoms with E-state index in [1.165, 1.54) is 25.7 Å². The lowest BCUT2D eigenvalue weighted by molar-refractivity contribution is 0.204. The zero-order valence-corrected chi connectivity index (χ0v) is 10.4. The number of nitrogens with zero attached hydrogens (tertiary/aromatic N) is 2. The van der Waals surface area contributed by atoms with Crippen LogP contribution >= 0.6 is 0 Å². The summed E-state index contributed by atoms with van der Waals surface area (Å²) < 4.78 is 0. The average Bonchev–Trinajstić information content (AvgIpc) is 2.28. The Morgan fingerprint density at radius 3 is 2.88 bits per heavy atom. The Balaban J connectivity index is 2.14. The number of aliphatic hydroxyl groups is 1. The minimum absolute atomic E-state index is 0.546. The van der Waals surface area contributed by atoms with Crippen molar-refractivity contribution in [3.05, 3.63) is 35.4 Å². The van der Waals surface area contributed by atoms with E-state index in [9.17, 15) is 5.11 Å². The van der Waals surface area contributed by atoms with Gasteiger partial charge in [0, 0.05) is 6.20 Å². The molecule has 0 saturated carbocycles. The second-order valence-corrected chi connectivity index (χ2v) is 4.66. The normalized spacial score (nSPS) is 22.1. The lowest BCUT2D eigenvalue weighted by Crippen LogP contribution is -2.07. The van der Waals surface area contributed by atoms with E-state index >= 15 is 0 Å². The topological polar surface area (TPSA) is 46.0 Å². The first-order valence-electron chi connectivity index (χ1n) is 6.44. The monoisotopic (exact) mass is 232 g/mol. The first kappa shape index (κ1) is 12.2. The van der Waals surface area contributed by atoms with Gasteiger partial charge in [-0.1, -0.05) is 18.9 Å². The van der Waals surface area contributed by atoms with Crippen molar-refractivity contribution in [1.29, 1.82) is 0 Å². The molecule has 0 spiro atoms. The molecule has 0 aromatic carbocycles. The van der Waals surface area contributed by atoms with Crippen LogP contribution in [0, 0.1) is 6.92 Å². The number of hydrogen-bond acceptors (Lipinski definition) is 3. The van der Waals surface area contributed by atoms with E-state index in [0.29, 0.717) is 5.82 Å². The molecule has 1 aromatic rings. The summed E-state index contributed by atoms with van der Waals surface area (Å²) in [4.78, 5) is 8.36. The van der Waals surface area contributed by atoms with Gasteiger partial charge in [0.15, 0.2) is 0 Å². The predicted octanol–water partition coefficient (Wildman–Crippen LogP) is 3.10. The van der Waals surface area contributed by atoms with Crippen molar-refractivity contribution < 1.29 is 5.11 Å². The quantitative estimate of drug-likeness (QED) is 0.797. The highest BCUT2D eigenvalue weighted by atomic mass is 16.3. The van der Waals surface area contributed by atoms with Gasteiger partial charge >= 0.3 is 0 Å². The van der Waals surface area contributed by atoms with Crippen LogP contribution in [-0.4, -0.2) is 15.1 Å². The molecule has 0 saturated heterocycles. The molecule has 3 heteroatoms.